The van der Waals surface area contributed by atoms with Gasteiger partial charge in [0.1, 0.15) is 0 Å². The minimum Gasteiger partial charge on any atom is -0.868 e. The number of nitrogens with one attached hydrogen (secondary N) is 1. The third-order valence-electron chi connectivity index (χ3n) is 6.60. The van der Waals surface area contributed by atoms with Gasteiger partial charge in [-0.1, -0.05) is 35.9 Å². The Bertz CT molecular complexity index is 1260. The lowest BCUT2D eigenvalue weighted by Gasteiger charge is -2.28. The smallest absolute Gasteiger partial charge is 0.239 e. The van der Waals surface area contributed by atoms with Gasteiger partial charge in [0.2, 0.25) is 11.7 Å². The van der Waals surface area contributed by atoms with Gasteiger partial charge in [-0.15, -0.1) is 0 Å². The first-order valence-electron chi connectivity index (χ1n) is 11.8. The molecular weight excluding hydrogens is 468 g/mol. The van der Waals surface area contributed by atoms with Crippen molar-refractivity contribution in [3.8, 4) is 5.75 Å². The zero-order chi connectivity index (χ0) is 25.1. The van der Waals surface area contributed by atoms with Crippen LogP contribution in [0, 0.1) is 0 Å². The van der Waals surface area contributed by atoms with E-state index in [4.69, 9.17) is 20.8 Å². The monoisotopic (exact) mass is 496 g/mol. The molecule has 1 atom stereocenters. The first-order valence-corrected chi connectivity index (χ1v) is 12.2. The molecular formula is C27H29ClN2O5. The van der Waals surface area contributed by atoms with Gasteiger partial charge in [-0.25, -0.2) is 0 Å². The minimum atomic E-state index is -0.804. The highest BCUT2D eigenvalue weighted by atomic mass is 35.5. The van der Waals surface area contributed by atoms with Crippen molar-refractivity contribution >= 4 is 34.3 Å². The molecule has 0 saturated carbocycles. The number of rotatable bonds is 10. The van der Waals surface area contributed by atoms with Crippen LogP contribution < -0.4 is 14.7 Å². The summed E-state index contributed by atoms with van der Waals surface area (Å²) in [5.74, 6) is -1.59. The number of fused-ring (bicyclic) bond motifs is 1. The van der Waals surface area contributed by atoms with E-state index in [-0.39, 0.29) is 11.3 Å². The molecule has 4 rings (SSSR count). The molecule has 2 heterocycles. The molecule has 1 unspecified atom stereocenters. The number of nitrogens with zero attached hydrogens (tertiary/aromatic N) is 1. The van der Waals surface area contributed by atoms with Crippen LogP contribution in [0.4, 0.5) is 0 Å². The number of furan rings is 1. The largest absolute Gasteiger partial charge is 0.868 e. The summed E-state index contributed by atoms with van der Waals surface area (Å²) in [6.07, 6.45) is 0.712. The summed E-state index contributed by atoms with van der Waals surface area (Å²) in [5, 5.41) is 14.4. The molecule has 0 radical (unpaired) electrons. The van der Waals surface area contributed by atoms with E-state index >= 15 is 0 Å². The van der Waals surface area contributed by atoms with E-state index in [0.717, 1.165) is 19.6 Å². The van der Waals surface area contributed by atoms with E-state index in [2.05, 4.69) is 13.8 Å². The van der Waals surface area contributed by atoms with Gasteiger partial charge >= 0.3 is 0 Å². The van der Waals surface area contributed by atoms with E-state index in [9.17, 15) is 14.7 Å². The molecule has 1 amide bonds. The van der Waals surface area contributed by atoms with Crippen LogP contribution in [-0.2, 0) is 4.79 Å². The zero-order valence-corrected chi connectivity index (χ0v) is 20.9. The number of quaternary nitrogens is 1. The Morgan fingerprint density at radius 2 is 1.89 bits per heavy atom. The Kier molecular flexibility index (Phi) is 7.48. The maximum absolute atomic E-state index is 13.6. The van der Waals surface area contributed by atoms with Gasteiger partial charge in [-0.3, -0.25) is 9.59 Å². The summed E-state index contributed by atoms with van der Waals surface area (Å²) in [7, 11) is 1.51. The lowest BCUT2D eigenvalue weighted by molar-refractivity contribution is -0.896. The molecule has 35 heavy (non-hydrogen) atoms. The fraction of sp³-hybridized carbons (Fsp3) is 0.333. The van der Waals surface area contributed by atoms with E-state index in [1.54, 1.807) is 48.5 Å². The summed E-state index contributed by atoms with van der Waals surface area (Å²) < 4.78 is 11.2. The molecule has 0 aliphatic carbocycles. The lowest BCUT2D eigenvalue weighted by Crippen LogP contribution is -3.11. The summed E-state index contributed by atoms with van der Waals surface area (Å²) >= 11 is 6.08. The highest BCUT2D eigenvalue weighted by Gasteiger charge is 2.40. The number of ether oxygens (including phenoxy) is 1. The zero-order valence-electron chi connectivity index (χ0n) is 20.1. The number of hydrogen-bond donors (Lipinski definition) is 1. The van der Waals surface area contributed by atoms with E-state index in [0.29, 0.717) is 40.3 Å². The normalized spacial score (nSPS) is 16.1. The molecule has 1 aliphatic heterocycles. The Morgan fingerprint density at radius 1 is 1.17 bits per heavy atom. The molecule has 2 aromatic carbocycles. The van der Waals surface area contributed by atoms with Crippen LogP contribution in [0.5, 0.6) is 5.75 Å². The molecule has 0 saturated heterocycles. The summed E-state index contributed by atoms with van der Waals surface area (Å²) in [4.78, 5) is 29.7. The average Bonchev–Trinajstić information content (AvgIpc) is 3.41. The third kappa shape index (κ3) is 4.79. The first kappa shape index (κ1) is 24.8. The number of ketones is 1. The highest BCUT2D eigenvalue weighted by Crippen LogP contribution is 2.39. The lowest BCUT2D eigenvalue weighted by atomic mass is 9.95. The molecule has 0 bridgehead atoms. The molecule has 1 aromatic heterocycles. The molecule has 8 heteroatoms. The van der Waals surface area contributed by atoms with Crippen molar-refractivity contribution in [3.63, 3.8) is 0 Å². The standard InChI is InChI=1S/C27H29ClN2O5/c1-4-29(5-2)14-7-15-30-23(17-10-12-19(28)13-11-17)22(25(32)27(30)33)24(31)21-16-18-8-6-9-20(34-3)26(18)35-21/h6,8-13,16,23,32H,4-5,7,14-15H2,1-3H3. The summed E-state index contributed by atoms with van der Waals surface area (Å²) in [6.45, 7) is 7.43. The number of hydrogen-bond acceptors (Lipinski definition) is 5. The SMILES string of the molecule is CC[NH+](CC)CCCN1C(=O)C([O-])=C(C(=O)c2cc3cccc(OC)c3o2)C1c1ccc(Cl)cc1. The van der Waals surface area contributed by atoms with Crippen molar-refractivity contribution in [2.75, 3.05) is 33.3 Å². The van der Waals surface area contributed by atoms with Crippen molar-refractivity contribution in [1.82, 2.24) is 4.90 Å². The van der Waals surface area contributed by atoms with Crippen LogP contribution >= 0.6 is 11.6 Å². The first-order chi connectivity index (χ1) is 16.9. The Morgan fingerprint density at radius 3 is 2.54 bits per heavy atom. The van der Waals surface area contributed by atoms with E-state index < -0.39 is 23.5 Å². The average molecular weight is 497 g/mol. The number of amides is 1. The number of para-hydroxylation sites is 1. The van der Waals surface area contributed by atoms with Crippen molar-refractivity contribution in [3.05, 3.63) is 76.2 Å². The highest BCUT2D eigenvalue weighted by molar-refractivity contribution is 6.30. The van der Waals surface area contributed by atoms with Crippen molar-refractivity contribution in [2.45, 2.75) is 26.3 Å². The van der Waals surface area contributed by atoms with Gasteiger partial charge in [0, 0.05) is 28.9 Å². The molecule has 1 N–H and O–H groups in total. The van der Waals surface area contributed by atoms with Gasteiger partial charge in [-0.05, 0) is 49.4 Å². The van der Waals surface area contributed by atoms with Crippen LogP contribution in [0.15, 0.2) is 64.3 Å². The maximum atomic E-state index is 13.6. The van der Waals surface area contributed by atoms with Crippen LogP contribution in [0.1, 0.15) is 42.4 Å². The van der Waals surface area contributed by atoms with Crippen LogP contribution in [0.2, 0.25) is 5.02 Å². The number of Topliss-reactive ketones (excluding diaryl/α,β-unsaturated/α-hetero) is 1. The number of carbonyl (C=O) groups excluding carboxylic acids is 2. The molecule has 184 valence electrons. The van der Waals surface area contributed by atoms with Crippen LogP contribution in [0.25, 0.3) is 11.0 Å². The van der Waals surface area contributed by atoms with Gasteiger partial charge < -0.3 is 24.1 Å². The van der Waals surface area contributed by atoms with Gasteiger partial charge in [0.25, 0.3) is 0 Å². The second kappa shape index (κ2) is 10.5. The molecule has 3 aromatic rings. The van der Waals surface area contributed by atoms with E-state index in [1.807, 2.05) is 0 Å². The van der Waals surface area contributed by atoms with Crippen LogP contribution in [0.3, 0.4) is 0 Å². The summed E-state index contributed by atoms with van der Waals surface area (Å²) in [5.41, 5.74) is 0.962. The second-order valence-corrected chi connectivity index (χ2v) is 9.01. The topological polar surface area (TPSA) is 87.2 Å². The predicted molar refractivity (Wildman–Crippen MR) is 132 cm³/mol. The molecule has 1 aliphatic rings. The van der Waals surface area contributed by atoms with Crippen molar-refractivity contribution in [1.29, 1.82) is 0 Å². The number of halogens is 1. The molecule has 0 fully saturated rings. The number of carbonyl (C=O) groups is 2. The third-order valence-corrected chi connectivity index (χ3v) is 6.85. The van der Waals surface area contributed by atoms with Gasteiger partial charge in [-0.2, -0.15) is 0 Å². The quantitative estimate of drug-likeness (QED) is 0.436. The minimum absolute atomic E-state index is 0.00551. The van der Waals surface area contributed by atoms with Gasteiger partial charge in [0.15, 0.2) is 17.1 Å². The molecule has 0 spiro atoms. The second-order valence-electron chi connectivity index (χ2n) is 8.57. The van der Waals surface area contributed by atoms with Crippen molar-refractivity contribution < 1.29 is 28.7 Å². The van der Waals surface area contributed by atoms with Gasteiger partial charge in [0.05, 0.1) is 32.8 Å². The Hall–Kier alpha value is -3.29. The fourth-order valence-electron chi connectivity index (χ4n) is 4.64. The van der Waals surface area contributed by atoms with Crippen LogP contribution in [-0.4, -0.2) is 49.9 Å². The Balaban J connectivity index is 1.71. The number of benzene rings is 2. The number of methoxy groups -OCH3 is 1. The van der Waals surface area contributed by atoms with Crippen molar-refractivity contribution in [2.24, 2.45) is 0 Å². The van der Waals surface area contributed by atoms with E-state index in [1.165, 1.54) is 16.9 Å². The predicted octanol–water partition coefficient (Wildman–Crippen LogP) is 2.79. The fourth-order valence-corrected chi connectivity index (χ4v) is 4.76. The summed E-state index contributed by atoms with van der Waals surface area (Å²) in [6, 6.07) is 13.0. The Labute approximate surface area is 209 Å². The molecule has 7 nitrogen and oxygen atoms in total. The maximum Gasteiger partial charge on any atom is 0.239 e.